The molecule has 1 aromatic carbocycles. The zero-order valence-corrected chi connectivity index (χ0v) is 15.5. The Hall–Kier alpha value is -0.820. The summed E-state index contributed by atoms with van der Waals surface area (Å²) >= 11 is 12.9. The summed E-state index contributed by atoms with van der Waals surface area (Å²) < 4.78 is 13.0. The number of morpholine rings is 1. The Morgan fingerprint density at radius 1 is 1.14 bits per heavy atom. The first-order valence-corrected chi connectivity index (χ1v) is 8.71. The van der Waals surface area contributed by atoms with E-state index < -0.39 is 0 Å². The Kier molecular flexibility index (Phi) is 5.23. The van der Waals surface area contributed by atoms with Crippen molar-refractivity contribution in [1.29, 1.82) is 0 Å². The molecule has 0 bridgehead atoms. The Morgan fingerprint density at radius 3 is 2.64 bits per heavy atom. The van der Waals surface area contributed by atoms with Gasteiger partial charge in [-0.2, -0.15) is 0 Å². The van der Waals surface area contributed by atoms with Crippen LogP contribution in [0.1, 0.15) is 5.76 Å². The lowest BCUT2D eigenvalue weighted by Crippen LogP contribution is -2.36. The minimum Gasteiger partial charge on any atom is -0.438 e. The molecule has 3 rings (SSSR count). The summed E-state index contributed by atoms with van der Waals surface area (Å²) in [5, 5.41) is 0.629. The number of hydrogen-bond acceptors (Lipinski definition) is 4. The quantitative estimate of drug-likeness (QED) is 0.617. The Bertz CT molecular complexity index is 697. The highest BCUT2D eigenvalue weighted by Gasteiger charge is 2.18. The van der Waals surface area contributed by atoms with E-state index in [0.717, 1.165) is 33.6 Å². The summed E-state index contributed by atoms with van der Waals surface area (Å²) in [6.07, 6.45) is 1.69. The number of hydrogen-bond donors (Lipinski definition) is 0. The van der Waals surface area contributed by atoms with Gasteiger partial charge in [0.25, 0.3) is 0 Å². The van der Waals surface area contributed by atoms with Crippen molar-refractivity contribution in [2.24, 2.45) is 4.99 Å². The molecule has 4 nitrogen and oxygen atoms in total. The molecule has 1 aliphatic rings. The zero-order valence-electron chi connectivity index (χ0n) is 11.6. The fourth-order valence-corrected chi connectivity index (χ4v) is 3.10. The predicted molar refractivity (Wildman–Crippen MR) is 95.8 cm³/mol. The van der Waals surface area contributed by atoms with E-state index in [1.165, 1.54) is 0 Å². The van der Waals surface area contributed by atoms with E-state index in [1.54, 1.807) is 12.3 Å². The summed E-state index contributed by atoms with van der Waals surface area (Å²) in [4.78, 5) is 6.54. The van der Waals surface area contributed by atoms with Gasteiger partial charge in [0.15, 0.2) is 0 Å². The molecular formula is C15H13Br2ClN2O2. The van der Waals surface area contributed by atoms with Gasteiger partial charge in [0.05, 0.1) is 34.6 Å². The van der Waals surface area contributed by atoms with Crippen molar-refractivity contribution in [3.05, 3.63) is 44.0 Å². The first kappa shape index (κ1) is 16.1. The summed E-state index contributed by atoms with van der Waals surface area (Å²) in [5.74, 6) is 1.51. The van der Waals surface area contributed by atoms with Gasteiger partial charge in [-0.1, -0.05) is 11.6 Å². The molecule has 1 aromatic heterocycles. The van der Waals surface area contributed by atoms with Gasteiger partial charge in [0, 0.05) is 23.6 Å². The first-order valence-electron chi connectivity index (χ1n) is 6.74. The lowest BCUT2D eigenvalue weighted by atomic mass is 10.3. The highest BCUT2D eigenvalue weighted by atomic mass is 79.9. The molecule has 1 fully saturated rings. The number of aliphatic imine (C=N–C) groups is 1. The Labute approximate surface area is 150 Å². The predicted octanol–water partition coefficient (Wildman–Crippen LogP) is 5.05. The lowest BCUT2D eigenvalue weighted by molar-refractivity contribution is 0.120. The maximum atomic E-state index is 6.06. The molecule has 0 amide bonds. The van der Waals surface area contributed by atoms with Crippen LogP contribution < -0.4 is 4.90 Å². The summed E-state index contributed by atoms with van der Waals surface area (Å²) in [6, 6.07) is 7.46. The van der Waals surface area contributed by atoms with E-state index in [-0.39, 0.29) is 0 Å². The molecule has 1 saturated heterocycles. The van der Waals surface area contributed by atoms with E-state index in [9.17, 15) is 0 Å². The molecule has 22 heavy (non-hydrogen) atoms. The summed E-state index contributed by atoms with van der Waals surface area (Å²) in [6.45, 7) is 3.08. The number of benzene rings is 1. The van der Waals surface area contributed by atoms with Crippen LogP contribution >= 0.6 is 43.5 Å². The number of ether oxygens (including phenoxy) is 1. The molecule has 0 spiro atoms. The molecule has 0 unspecified atom stereocenters. The SMILES string of the molecule is Clc1cc(N=Cc2cc(Br)c(N3CCOCC3)o2)ccc1Br. The van der Waals surface area contributed by atoms with E-state index in [1.807, 2.05) is 18.2 Å². The third kappa shape index (κ3) is 3.74. The van der Waals surface area contributed by atoms with Crippen LogP contribution in [0.5, 0.6) is 0 Å². The molecule has 116 valence electrons. The molecule has 0 N–H and O–H groups in total. The van der Waals surface area contributed by atoms with E-state index >= 15 is 0 Å². The van der Waals surface area contributed by atoms with Crippen molar-refractivity contribution in [3.8, 4) is 0 Å². The second-order valence-corrected chi connectivity index (χ2v) is 6.87. The second-order valence-electron chi connectivity index (χ2n) is 4.76. The van der Waals surface area contributed by atoms with Gasteiger partial charge in [0.2, 0.25) is 5.88 Å². The molecule has 2 aromatic rings. The number of nitrogens with zero attached hydrogens (tertiary/aromatic N) is 2. The Morgan fingerprint density at radius 2 is 1.91 bits per heavy atom. The number of furan rings is 1. The monoisotopic (exact) mass is 446 g/mol. The van der Waals surface area contributed by atoms with Gasteiger partial charge >= 0.3 is 0 Å². The van der Waals surface area contributed by atoms with Crippen molar-refractivity contribution >= 4 is 61.2 Å². The van der Waals surface area contributed by atoms with Crippen LogP contribution in [-0.2, 0) is 4.74 Å². The molecule has 0 atom stereocenters. The molecular weight excluding hydrogens is 435 g/mol. The van der Waals surface area contributed by atoms with Crippen molar-refractivity contribution in [3.63, 3.8) is 0 Å². The molecule has 7 heteroatoms. The van der Waals surface area contributed by atoms with Crippen LogP contribution in [0, 0.1) is 0 Å². The molecule has 0 aliphatic carbocycles. The van der Waals surface area contributed by atoms with Crippen LogP contribution in [0.4, 0.5) is 11.6 Å². The maximum Gasteiger partial charge on any atom is 0.210 e. The van der Waals surface area contributed by atoms with Crippen LogP contribution in [0.25, 0.3) is 0 Å². The maximum absolute atomic E-state index is 6.06. The highest BCUT2D eigenvalue weighted by Crippen LogP contribution is 2.31. The smallest absolute Gasteiger partial charge is 0.210 e. The molecule has 0 radical (unpaired) electrons. The normalized spacial score (nSPS) is 15.7. The number of rotatable bonds is 3. The zero-order chi connectivity index (χ0) is 15.5. The lowest BCUT2D eigenvalue weighted by Gasteiger charge is -2.26. The third-order valence-electron chi connectivity index (χ3n) is 3.23. The largest absolute Gasteiger partial charge is 0.438 e. The minimum atomic E-state index is 0.629. The summed E-state index contributed by atoms with van der Waals surface area (Å²) in [7, 11) is 0. The molecule has 0 saturated carbocycles. The van der Waals surface area contributed by atoms with E-state index in [4.69, 9.17) is 20.8 Å². The van der Waals surface area contributed by atoms with Crippen molar-refractivity contribution in [2.45, 2.75) is 0 Å². The van der Waals surface area contributed by atoms with Gasteiger partial charge in [-0.3, -0.25) is 4.99 Å². The van der Waals surface area contributed by atoms with Gasteiger partial charge < -0.3 is 14.1 Å². The van der Waals surface area contributed by atoms with Crippen molar-refractivity contribution < 1.29 is 9.15 Å². The van der Waals surface area contributed by atoms with Gasteiger partial charge in [-0.05, 0) is 50.1 Å². The second kappa shape index (κ2) is 7.17. The topological polar surface area (TPSA) is 38.0 Å². The van der Waals surface area contributed by atoms with Crippen LogP contribution in [0.15, 0.2) is 42.6 Å². The Balaban J connectivity index is 1.77. The van der Waals surface area contributed by atoms with Crippen LogP contribution in [-0.4, -0.2) is 32.5 Å². The van der Waals surface area contributed by atoms with Crippen molar-refractivity contribution in [2.75, 3.05) is 31.2 Å². The highest BCUT2D eigenvalue weighted by molar-refractivity contribution is 9.11. The van der Waals surface area contributed by atoms with Gasteiger partial charge in [0.1, 0.15) is 5.76 Å². The molecule has 2 heterocycles. The van der Waals surface area contributed by atoms with Crippen LogP contribution in [0.3, 0.4) is 0 Å². The van der Waals surface area contributed by atoms with E-state index in [2.05, 4.69) is 41.8 Å². The fourth-order valence-electron chi connectivity index (χ4n) is 2.13. The average molecular weight is 449 g/mol. The first-order chi connectivity index (χ1) is 10.6. The summed E-state index contributed by atoms with van der Waals surface area (Å²) in [5.41, 5.74) is 0.772. The average Bonchev–Trinajstić information content (AvgIpc) is 2.90. The van der Waals surface area contributed by atoms with E-state index in [0.29, 0.717) is 24.0 Å². The number of anilines is 1. The third-order valence-corrected chi connectivity index (χ3v) is 5.03. The fraction of sp³-hybridized carbons (Fsp3) is 0.267. The van der Waals surface area contributed by atoms with Crippen molar-refractivity contribution in [1.82, 2.24) is 0 Å². The van der Waals surface area contributed by atoms with Gasteiger partial charge in [-0.25, -0.2) is 0 Å². The van der Waals surface area contributed by atoms with Crippen LogP contribution in [0.2, 0.25) is 5.02 Å². The number of halogens is 3. The van der Waals surface area contributed by atoms with Gasteiger partial charge in [-0.15, -0.1) is 0 Å². The standard InChI is InChI=1S/C15H13Br2ClN2O2/c16-12-2-1-10(7-14(12)18)19-9-11-8-13(17)15(22-11)20-3-5-21-6-4-20/h1-2,7-9H,3-6H2. The molecule has 1 aliphatic heterocycles. The minimum absolute atomic E-state index is 0.629.